The van der Waals surface area contributed by atoms with E-state index in [1.165, 1.54) is 6.07 Å². The van der Waals surface area contributed by atoms with Crippen molar-refractivity contribution < 1.29 is 14.3 Å². The molecule has 0 atom stereocenters. The summed E-state index contributed by atoms with van der Waals surface area (Å²) in [6.07, 6.45) is 1.62. The third-order valence-corrected chi connectivity index (χ3v) is 5.45. The Labute approximate surface area is 196 Å². The van der Waals surface area contributed by atoms with Crippen LogP contribution in [0.2, 0.25) is 15.1 Å². The van der Waals surface area contributed by atoms with Crippen LogP contribution >= 0.6 is 34.8 Å². The molecule has 1 amide bonds. The van der Waals surface area contributed by atoms with Gasteiger partial charge in [0, 0.05) is 33.3 Å². The quantitative estimate of drug-likeness (QED) is 0.362. The van der Waals surface area contributed by atoms with E-state index in [9.17, 15) is 9.59 Å². The van der Waals surface area contributed by atoms with Crippen LogP contribution in [0.15, 0.2) is 54.6 Å². The highest BCUT2D eigenvalue weighted by Gasteiger charge is 2.14. The second-order valence-electron chi connectivity index (χ2n) is 6.83. The molecule has 0 radical (unpaired) electrons. The van der Waals surface area contributed by atoms with Crippen LogP contribution in [0.1, 0.15) is 39.6 Å². The summed E-state index contributed by atoms with van der Waals surface area (Å²) in [7, 11) is 0. The highest BCUT2D eigenvalue weighted by molar-refractivity contribution is 6.36. The normalized spacial score (nSPS) is 10.6. The largest absolute Gasteiger partial charge is 0.493 e. The minimum absolute atomic E-state index is 0.218. The van der Waals surface area contributed by atoms with E-state index in [0.29, 0.717) is 33.5 Å². The lowest BCUT2D eigenvalue weighted by molar-refractivity contribution is 0.0950. The van der Waals surface area contributed by atoms with Crippen LogP contribution in [0, 0.1) is 0 Å². The first-order valence-corrected chi connectivity index (χ1v) is 10.8. The number of aldehydes is 1. The molecule has 3 aromatic carbocycles. The standard InChI is InChI=1S/C24H20Cl3NO3/c1-2-9-31-23-8-4-16(20-10-15(14-29)3-7-21(20)26)11-17(23)13-28-24(30)19-6-5-18(25)12-22(19)27/h3-8,10-12,14H,2,9,13H2,1H3,(H,28,30). The van der Waals surface area contributed by atoms with Crippen LogP contribution in [0.5, 0.6) is 5.75 Å². The van der Waals surface area contributed by atoms with E-state index < -0.39 is 0 Å². The number of rotatable bonds is 8. The molecule has 0 aliphatic carbocycles. The fourth-order valence-electron chi connectivity index (χ4n) is 3.02. The van der Waals surface area contributed by atoms with Crippen LogP contribution in [0.3, 0.4) is 0 Å². The molecule has 0 bridgehead atoms. The van der Waals surface area contributed by atoms with Crippen molar-refractivity contribution >= 4 is 47.0 Å². The highest BCUT2D eigenvalue weighted by Crippen LogP contribution is 2.32. The van der Waals surface area contributed by atoms with Crippen molar-refractivity contribution in [2.24, 2.45) is 0 Å². The molecule has 160 valence electrons. The first-order valence-electron chi connectivity index (χ1n) is 9.67. The monoisotopic (exact) mass is 475 g/mol. The molecule has 0 heterocycles. The molecule has 7 heteroatoms. The molecule has 0 saturated carbocycles. The maximum absolute atomic E-state index is 12.6. The van der Waals surface area contributed by atoms with E-state index in [0.717, 1.165) is 29.4 Å². The summed E-state index contributed by atoms with van der Waals surface area (Å²) in [5, 5.41) is 4.13. The lowest BCUT2D eigenvalue weighted by atomic mass is 10.0. The van der Waals surface area contributed by atoms with Gasteiger partial charge >= 0.3 is 0 Å². The Morgan fingerprint density at radius 2 is 1.81 bits per heavy atom. The van der Waals surface area contributed by atoms with Crippen molar-refractivity contribution in [1.82, 2.24) is 5.32 Å². The number of nitrogens with one attached hydrogen (secondary N) is 1. The average Bonchev–Trinajstić information content (AvgIpc) is 2.76. The molecule has 0 unspecified atom stereocenters. The van der Waals surface area contributed by atoms with E-state index in [-0.39, 0.29) is 17.5 Å². The number of carbonyl (C=O) groups excluding carboxylic acids is 2. The van der Waals surface area contributed by atoms with E-state index in [1.807, 2.05) is 25.1 Å². The molecule has 0 spiro atoms. The Hall–Kier alpha value is -2.53. The van der Waals surface area contributed by atoms with Gasteiger partial charge in [0.15, 0.2) is 0 Å². The van der Waals surface area contributed by atoms with Gasteiger partial charge in [-0.3, -0.25) is 9.59 Å². The number of ether oxygens (including phenoxy) is 1. The van der Waals surface area contributed by atoms with Gasteiger partial charge in [-0.2, -0.15) is 0 Å². The number of carbonyl (C=O) groups is 2. The molecule has 0 saturated heterocycles. The topological polar surface area (TPSA) is 55.4 Å². The summed E-state index contributed by atoms with van der Waals surface area (Å²) in [5.74, 6) is 0.338. The molecular formula is C24H20Cl3NO3. The molecule has 4 nitrogen and oxygen atoms in total. The molecular weight excluding hydrogens is 457 g/mol. The maximum atomic E-state index is 12.6. The zero-order valence-corrected chi connectivity index (χ0v) is 19.0. The number of hydrogen-bond acceptors (Lipinski definition) is 3. The van der Waals surface area contributed by atoms with E-state index in [4.69, 9.17) is 39.5 Å². The fourth-order valence-corrected chi connectivity index (χ4v) is 3.74. The zero-order valence-electron chi connectivity index (χ0n) is 16.8. The van der Waals surface area contributed by atoms with Gasteiger partial charge in [-0.25, -0.2) is 0 Å². The predicted molar refractivity (Wildman–Crippen MR) is 126 cm³/mol. The summed E-state index contributed by atoms with van der Waals surface area (Å²) >= 11 is 18.4. The molecule has 0 fully saturated rings. The van der Waals surface area contributed by atoms with Gasteiger partial charge in [0.05, 0.1) is 17.2 Å². The van der Waals surface area contributed by atoms with Gasteiger partial charge in [0.25, 0.3) is 5.91 Å². The van der Waals surface area contributed by atoms with Gasteiger partial charge in [0.2, 0.25) is 0 Å². The van der Waals surface area contributed by atoms with Crippen molar-refractivity contribution in [3.63, 3.8) is 0 Å². The first kappa shape index (κ1) is 23.1. The van der Waals surface area contributed by atoms with Crippen molar-refractivity contribution in [2.45, 2.75) is 19.9 Å². The Bertz CT molecular complexity index is 1120. The molecule has 31 heavy (non-hydrogen) atoms. The summed E-state index contributed by atoms with van der Waals surface area (Å²) in [6.45, 7) is 2.78. The number of benzene rings is 3. The number of amides is 1. The van der Waals surface area contributed by atoms with Gasteiger partial charge in [0.1, 0.15) is 12.0 Å². The van der Waals surface area contributed by atoms with Crippen LogP contribution < -0.4 is 10.1 Å². The average molecular weight is 477 g/mol. The third kappa shape index (κ3) is 5.79. The summed E-state index contributed by atoms with van der Waals surface area (Å²) in [5.41, 5.74) is 3.17. The maximum Gasteiger partial charge on any atom is 0.253 e. The third-order valence-electron chi connectivity index (χ3n) is 4.57. The van der Waals surface area contributed by atoms with Crippen LogP contribution in [-0.2, 0) is 6.54 Å². The molecule has 3 aromatic rings. The second-order valence-corrected chi connectivity index (χ2v) is 8.09. The van der Waals surface area contributed by atoms with Crippen LogP contribution in [0.25, 0.3) is 11.1 Å². The van der Waals surface area contributed by atoms with E-state index in [1.54, 1.807) is 30.3 Å². The fraction of sp³-hybridized carbons (Fsp3) is 0.167. The van der Waals surface area contributed by atoms with Crippen LogP contribution in [-0.4, -0.2) is 18.8 Å². The summed E-state index contributed by atoms with van der Waals surface area (Å²) in [6, 6.07) is 15.4. The van der Waals surface area contributed by atoms with Crippen molar-refractivity contribution in [2.75, 3.05) is 6.61 Å². The number of hydrogen-bond donors (Lipinski definition) is 1. The first-order chi connectivity index (χ1) is 14.9. The highest BCUT2D eigenvalue weighted by atomic mass is 35.5. The van der Waals surface area contributed by atoms with Gasteiger partial charge in [-0.1, -0.05) is 53.9 Å². The second kappa shape index (κ2) is 10.7. The Kier molecular flexibility index (Phi) is 7.97. The van der Waals surface area contributed by atoms with E-state index in [2.05, 4.69) is 5.32 Å². The minimum Gasteiger partial charge on any atom is -0.493 e. The van der Waals surface area contributed by atoms with E-state index >= 15 is 0 Å². The van der Waals surface area contributed by atoms with Gasteiger partial charge < -0.3 is 10.1 Å². The molecule has 3 rings (SSSR count). The molecule has 1 N–H and O–H groups in total. The lowest BCUT2D eigenvalue weighted by Gasteiger charge is -2.15. The van der Waals surface area contributed by atoms with Crippen LogP contribution in [0.4, 0.5) is 0 Å². The SMILES string of the molecule is CCCOc1ccc(-c2cc(C=O)ccc2Cl)cc1CNC(=O)c1ccc(Cl)cc1Cl. The minimum atomic E-state index is -0.325. The Morgan fingerprint density at radius 1 is 1.00 bits per heavy atom. The van der Waals surface area contributed by atoms with Gasteiger partial charge in [-0.15, -0.1) is 0 Å². The van der Waals surface area contributed by atoms with Crippen molar-refractivity contribution in [3.8, 4) is 16.9 Å². The lowest BCUT2D eigenvalue weighted by Crippen LogP contribution is -2.23. The number of halogens is 3. The summed E-state index contributed by atoms with van der Waals surface area (Å²) in [4.78, 5) is 23.8. The van der Waals surface area contributed by atoms with Crippen molar-refractivity contribution in [3.05, 3.63) is 86.4 Å². The molecule has 0 aromatic heterocycles. The Balaban J connectivity index is 1.90. The molecule has 0 aliphatic heterocycles. The smallest absolute Gasteiger partial charge is 0.253 e. The predicted octanol–water partition coefficient (Wildman–Crippen LogP) is 6.85. The van der Waals surface area contributed by atoms with Crippen molar-refractivity contribution in [1.29, 1.82) is 0 Å². The van der Waals surface area contributed by atoms with Gasteiger partial charge in [-0.05, 0) is 54.4 Å². The zero-order chi connectivity index (χ0) is 22.4. The summed E-state index contributed by atoms with van der Waals surface area (Å²) < 4.78 is 5.85. The molecule has 0 aliphatic rings. The Morgan fingerprint density at radius 3 is 2.52 bits per heavy atom.